The predicted octanol–water partition coefficient (Wildman–Crippen LogP) is 3.12. The summed E-state index contributed by atoms with van der Waals surface area (Å²) in [4.78, 5) is 21.7. The molecule has 0 spiro atoms. The van der Waals surface area contributed by atoms with Crippen LogP contribution in [-0.4, -0.2) is 30.7 Å². The number of hydrogen-bond donors (Lipinski definition) is 0. The van der Waals surface area contributed by atoms with E-state index in [1.54, 1.807) is 6.92 Å². The van der Waals surface area contributed by atoms with Gasteiger partial charge in [0.15, 0.2) is 0 Å². The Morgan fingerprint density at radius 1 is 1.26 bits per heavy atom. The summed E-state index contributed by atoms with van der Waals surface area (Å²) in [5.74, 6) is -0.201. The average Bonchev–Trinajstić information content (AvgIpc) is 2.24. The molecule has 19 heavy (non-hydrogen) atoms. The van der Waals surface area contributed by atoms with Gasteiger partial charge in [-0.05, 0) is 30.6 Å². The fourth-order valence-corrected chi connectivity index (χ4v) is 2.56. The number of nitrogens with zero attached hydrogens (tertiary/aromatic N) is 1. The Morgan fingerprint density at radius 2 is 1.84 bits per heavy atom. The second kappa shape index (κ2) is 7.46. The predicted molar refractivity (Wildman–Crippen MR) is 71.9 cm³/mol. The minimum absolute atomic E-state index is 0.0549. The molecule has 0 aliphatic rings. The van der Waals surface area contributed by atoms with E-state index in [4.69, 9.17) is 4.74 Å². The van der Waals surface area contributed by atoms with Crippen molar-refractivity contribution in [3.8, 4) is 0 Å². The molecule has 1 amide bonds. The fourth-order valence-electron chi connectivity index (χ4n) is 2.56. The van der Waals surface area contributed by atoms with E-state index in [1.165, 1.54) is 0 Å². The van der Waals surface area contributed by atoms with Crippen molar-refractivity contribution >= 4 is 12.4 Å². The number of ether oxygens (including phenoxy) is 1. The third-order valence-electron chi connectivity index (χ3n) is 2.96. The van der Waals surface area contributed by atoms with Crippen LogP contribution >= 0.6 is 0 Å². The van der Waals surface area contributed by atoms with Gasteiger partial charge in [0.05, 0.1) is 13.2 Å². The van der Waals surface area contributed by atoms with Gasteiger partial charge in [0.1, 0.15) is 0 Å². The van der Waals surface area contributed by atoms with E-state index in [9.17, 15) is 14.1 Å². The lowest BCUT2D eigenvalue weighted by Gasteiger charge is -2.35. The molecule has 0 aliphatic carbocycles. The number of rotatable bonds is 9. The van der Waals surface area contributed by atoms with Crippen LogP contribution < -0.4 is 0 Å². The molecule has 0 heterocycles. The highest BCUT2D eigenvalue weighted by Crippen LogP contribution is 2.37. The fraction of sp³-hybridized carbons (Fsp3) is 0.857. The van der Waals surface area contributed by atoms with Crippen LogP contribution in [0.4, 0.5) is 4.48 Å². The van der Waals surface area contributed by atoms with Gasteiger partial charge in [0, 0.05) is 6.42 Å². The van der Waals surface area contributed by atoms with Crippen LogP contribution in [0.1, 0.15) is 53.9 Å². The topological polar surface area (TPSA) is 46.6 Å². The van der Waals surface area contributed by atoms with Crippen molar-refractivity contribution in [1.82, 2.24) is 5.12 Å². The first-order valence-electron chi connectivity index (χ1n) is 6.65. The van der Waals surface area contributed by atoms with Crippen LogP contribution in [0.5, 0.6) is 0 Å². The maximum atomic E-state index is 13.0. The van der Waals surface area contributed by atoms with Gasteiger partial charge in [0.2, 0.25) is 6.41 Å². The zero-order chi connectivity index (χ0) is 15.1. The summed E-state index contributed by atoms with van der Waals surface area (Å²) in [6.45, 7) is 10.1. The molecule has 0 aromatic heterocycles. The Bertz CT molecular complexity index is 303. The summed E-state index contributed by atoms with van der Waals surface area (Å²) in [6, 6.07) is 0. The lowest BCUT2D eigenvalue weighted by atomic mass is 9.73. The molecule has 5 heteroatoms. The molecule has 0 bridgehead atoms. The molecule has 0 aromatic rings. The molecule has 0 atom stereocenters. The van der Waals surface area contributed by atoms with Gasteiger partial charge >= 0.3 is 5.97 Å². The molecule has 0 aromatic carbocycles. The summed E-state index contributed by atoms with van der Waals surface area (Å²) < 4.78 is 17.9. The largest absolute Gasteiger partial charge is 0.466 e. The Balaban J connectivity index is 4.33. The summed E-state index contributed by atoms with van der Waals surface area (Å²) in [5, 5.41) is 0.168. The van der Waals surface area contributed by atoms with Gasteiger partial charge in [-0.1, -0.05) is 32.2 Å². The van der Waals surface area contributed by atoms with Crippen molar-refractivity contribution < 1.29 is 18.8 Å². The first kappa shape index (κ1) is 17.9. The van der Waals surface area contributed by atoms with Crippen LogP contribution in [0, 0.1) is 10.8 Å². The second-order valence-corrected chi connectivity index (χ2v) is 6.47. The van der Waals surface area contributed by atoms with Crippen molar-refractivity contribution in [1.29, 1.82) is 0 Å². The van der Waals surface area contributed by atoms with Crippen LogP contribution in [-0.2, 0) is 14.3 Å². The van der Waals surface area contributed by atoms with Crippen molar-refractivity contribution in [3.05, 3.63) is 0 Å². The van der Waals surface area contributed by atoms with E-state index < -0.39 is 0 Å². The van der Waals surface area contributed by atoms with E-state index in [-0.39, 0.29) is 34.9 Å². The van der Waals surface area contributed by atoms with Gasteiger partial charge in [-0.15, -0.1) is 0 Å². The standard InChI is InChI=1S/C14H26FNO3/c1-6-19-12(18)7-8-13(2,3)9-14(4,5)10-16(15)11-17/h11H,6-10H2,1-5H3. The second-order valence-electron chi connectivity index (χ2n) is 6.47. The number of carbonyl (C=O) groups excluding carboxylic acids is 2. The van der Waals surface area contributed by atoms with Crippen LogP contribution in [0.15, 0.2) is 0 Å². The van der Waals surface area contributed by atoms with Crippen molar-refractivity contribution in [2.24, 2.45) is 10.8 Å². The Kier molecular flexibility index (Phi) is 7.01. The van der Waals surface area contributed by atoms with Crippen molar-refractivity contribution in [2.45, 2.75) is 53.9 Å². The van der Waals surface area contributed by atoms with Crippen LogP contribution in [0.2, 0.25) is 0 Å². The SMILES string of the molecule is CCOC(=O)CCC(C)(C)CC(C)(C)CN(F)C=O. The first-order valence-corrected chi connectivity index (χ1v) is 6.65. The normalized spacial score (nSPS) is 12.1. The zero-order valence-corrected chi connectivity index (χ0v) is 12.7. The molecule has 0 saturated carbocycles. The van der Waals surface area contributed by atoms with E-state index in [2.05, 4.69) is 0 Å². The molecule has 0 fully saturated rings. The summed E-state index contributed by atoms with van der Waals surface area (Å²) >= 11 is 0. The number of amides is 1. The maximum Gasteiger partial charge on any atom is 0.305 e. The van der Waals surface area contributed by atoms with Gasteiger partial charge in [-0.25, -0.2) is 0 Å². The molecular weight excluding hydrogens is 249 g/mol. The minimum Gasteiger partial charge on any atom is -0.466 e. The van der Waals surface area contributed by atoms with Gasteiger partial charge < -0.3 is 4.74 Å². The number of carbonyl (C=O) groups is 2. The van der Waals surface area contributed by atoms with Crippen LogP contribution in [0.25, 0.3) is 0 Å². The highest BCUT2D eigenvalue weighted by atomic mass is 19.2. The van der Waals surface area contributed by atoms with E-state index >= 15 is 0 Å². The van der Waals surface area contributed by atoms with E-state index in [1.807, 2.05) is 27.7 Å². The quantitative estimate of drug-likeness (QED) is 0.369. The van der Waals surface area contributed by atoms with Crippen molar-refractivity contribution in [2.75, 3.05) is 13.2 Å². The van der Waals surface area contributed by atoms with Crippen molar-refractivity contribution in [3.63, 3.8) is 0 Å². The highest BCUT2D eigenvalue weighted by Gasteiger charge is 2.31. The van der Waals surface area contributed by atoms with E-state index in [0.29, 0.717) is 25.9 Å². The van der Waals surface area contributed by atoms with Gasteiger partial charge in [-0.2, -0.15) is 5.12 Å². The number of halogens is 1. The molecule has 0 aliphatic heterocycles. The Labute approximate surface area is 115 Å². The van der Waals surface area contributed by atoms with Gasteiger partial charge in [-0.3, -0.25) is 9.59 Å². The third-order valence-corrected chi connectivity index (χ3v) is 2.96. The lowest BCUT2D eigenvalue weighted by molar-refractivity contribution is -0.143. The van der Waals surface area contributed by atoms with Gasteiger partial charge in [0.25, 0.3) is 0 Å². The smallest absolute Gasteiger partial charge is 0.305 e. The molecule has 0 saturated heterocycles. The molecule has 0 unspecified atom stereocenters. The zero-order valence-electron chi connectivity index (χ0n) is 12.7. The molecule has 0 radical (unpaired) electrons. The molecule has 4 nitrogen and oxygen atoms in total. The first-order chi connectivity index (χ1) is 8.62. The van der Waals surface area contributed by atoms with E-state index in [0.717, 1.165) is 0 Å². The lowest BCUT2D eigenvalue weighted by Crippen LogP contribution is -2.32. The number of esters is 1. The molecular formula is C14H26FNO3. The Hall–Kier alpha value is -1.13. The summed E-state index contributed by atoms with van der Waals surface area (Å²) in [5.41, 5.74) is -0.451. The molecule has 112 valence electrons. The van der Waals surface area contributed by atoms with Crippen LogP contribution in [0.3, 0.4) is 0 Å². The third kappa shape index (κ3) is 8.56. The maximum absolute atomic E-state index is 13.0. The highest BCUT2D eigenvalue weighted by molar-refractivity contribution is 5.69. The Morgan fingerprint density at radius 3 is 2.32 bits per heavy atom. The molecule has 0 N–H and O–H groups in total. The molecule has 0 rings (SSSR count). The summed E-state index contributed by atoms with van der Waals surface area (Å²) in [6.07, 6.45) is 1.95. The monoisotopic (exact) mass is 275 g/mol. The minimum atomic E-state index is -0.339. The summed E-state index contributed by atoms with van der Waals surface area (Å²) in [7, 11) is 0. The average molecular weight is 275 g/mol. The number of hydrogen-bond acceptors (Lipinski definition) is 3.